The molecule has 2 saturated heterocycles. The van der Waals surface area contributed by atoms with Crippen molar-refractivity contribution in [1.29, 1.82) is 0 Å². The first-order chi connectivity index (χ1) is 16.5. The van der Waals surface area contributed by atoms with E-state index in [1.807, 2.05) is 4.90 Å². The first kappa shape index (κ1) is 23.3. The lowest BCUT2D eigenvalue weighted by Gasteiger charge is -2.43. The molecule has 9 heteroatoms. The third kappa shape index (κ3) is 4.96. The van der Waals surface area contributed by atoms with Crippen LogP contribution in [0, 0.1) is 0 Å². The van der Waals surface area contributed by atoms with Gasteiger partial charge in [0, 0.05) is 58.3 Å². The molecule has 2 atom stereocenters. The molecule has 2 amide bonds. The Morgan fingerprint density at radius 1 is 1.09 bits per heavy atom. The Labute approximate surface area is 204 Å². The molecule has 5 rings (SSSR count). The summed E-state index contributed by atoms with van der Waals surface area (Å²) in [5, 5.41) is 14.9. The minimum atomic E-state index is -0.452. The molecule has 1 aromatic carbocycles. The van der Waals surface area contributed by atoms with Gasteiger partial charge in [-0.15, -0.1) is 0 Å². The van der Waals surface area contributed by atoms with E-state index in [9.17, 15) is 14.7 Å². The monoisotopic (exact) mass is 483 g/mol. The number of anilines is 1. The van der Waals surface area contributed by atoms with Crippen LogP contribution in [0.1, 0.15) is 47.0 Å². The van der Waals surface area contributed by atoms with Gasteiger partial charge in [-0.1, -0.05) is 35.6 Å². The van der Waals surface area contributed by atoms with Crippen LogP contribution in [0.3, 0.4) is 0 Å². The molecule has 2 fully saturated rings. The molecule has 2 aromatic rings. The number of carbonyl (C=O) groups excluding carboxylic acids is 2. The van der Waals surface area contributed by atoms with Gasteiger partial charge in [0.25, 0.3) is 5.91 Å². The van der Waals surface area contributed by atoms with E-state index in [2.05, 4.69) is 44.4 Å². The zero-order chi connectivity index (χ0) is 23.7. The number of nitrogens with zero attached hydrogens (tertiary/aromatic N) is 4. The maximum absolute atomic E-state index is 12.8. The highest BCUT2D eigenvalue weighted by Crippen LogP contribution is 2.29. The predicted octanol–water partition coefficient (Wildman–Crippen LogP) is 1.88. The number of piperidine rings is 2. The Morgan fingerprint density at radius 2 is 1.85 bits per heavy atom. The van der Waals surface area contributed by atoms with Crippen molar-refractivity contribution < 1.29 is 14.7 Å². The number of aliphatic hydroxyl groups is 1. The van der Waals surface area contributed by atoms with Crippen molar-refractivity contribution in [3.8, 4) is 0 Å². The van der Waals surface area contributed by atoms with Crippen molar-refractivity contribution in [2.24, 2.45) is 0 Å². The normalized spacial score (nSPS) is 24.1. The van der Waals surface area contributed by atoms with E-state index in [1.54, 1.807) is 13.1 Å². The number of aliphatic hydroxyl groups excluding tert-OH is 1. The van der Waals surface area contributed by atoms with E-state index in [0.717, 1.165) is 50.4 Å². The van der Waals surface area contributed by atoms with Crippen LogP contribution in [0.4, 0.5) is 5.13 Å². The Hall–Kier alpha value is -2.49. The molecule has 1 aromatic heterocycles. The lowest BCUT2D eigenvalue weighted by Crippen LogP contribution is -2.55. The molecule has 1 unspecified atom stereocenters. The standard InChI is InChI=1S/C25H33N5O3S/c1-17(31)28-11-7-20(8-12-28)27-24(33)23-14-26-25(34-23)30-13-9-21(22(32)16-30)29-10-6-18-4-2-3-5-19(18)15-29/h2-5,14,20-22,32H,6-13,15-16H2,1H3,(H,27,33)/t21?,22-/m0/s1. The van der Waals surface area contributed by atoms with Crippen LogP contribution in [0.25, 0.3) is 0 Å². The summed E-state index contributed by atoms with van der Waals surface area (Å²) in [5.41, 5.74) is 2.79. The first-order valence-corrected chi connectivity index (χ1v) is 13.1. The van der Waals surface area contributed by atoms with E-state index in [1.165, 1.54) is 22.5 Å². The fourth-order valence-electron chi connectivity index (χ4n) is 5.43. The molecule has 0 spiro atoms. The van der Waals surface area contributed by atoms with E-state index >= 15 is 0 Å². The van der Waals surface area contributed by atoms with Crippen molar-refractivity contribution in [2.45, 2.75) is 57.3 Å². The molecule has 4 heterocycles. The molecule has 0 radical (unpaired) electrons. The summed E-state index contributed by atoms with van der Waals surface area (Å²) in [6.45, 7) is 6.17. The van der Waals surface area contributed by atoms with Crippen LogP contribution in [-0.2, 0) is 17.8 Å². The third-order valence-electron chi connectivity index (χ3n) is 7.44. The number of hydrogen-bond donors (Lipinski definition) is 2. The number of β-amino-alcohol motifs (C(OH)–C–C–N with tert-alkyl or cyclic N) is 1. The summed E-state index contributed by atoms with van der Waals surface area (Å²) in [7, 11) is 0. The number of fused-ring (bicyclic) bond motifs is 1. The maximum atomic E-state index is 12.8. The molecule has 0 aliphatic carbocycles. The highest BCUT2D eigenvalue weighted by Gasteiger charge is 2.34. The first-order valence-electron chi connectivity index (χ1n) is 12.2. The summed E-state index contributed by atoms with van der Waals surface area (Å²) in [4.78, 5) is 35.7. The summed E-state index contributed by atoms with van der Waals surface area (Å²) >= 11 is 1.38. The minimum Gasteiger partial charge on any atom is -0.390 e. The number of carbonyl (C=O) groups is 2. The molecular weight excluding hydrogens is 450 g/mol. The second-order valence-corrected chi connectivity index (χ2v) is 10.6. The summed E-state index contributed by atoms with van der Waals surface area (Å²) < 4.78 is 0. The number of benzene rings is 1. The number of amides is 2. The van der Waals surface area contributed by atoms with E-state index in [0.29, 0.717) is 24.5 Å². The fraction of sp³-hybridized carbons (Fsp3) is 0.560. The van der Waals surface area contributed by atoms with Gasteiger partial charge < -0.3 is 20.2 Å². The number of nitrogens with one attached hydrogen (secondary N) is 1. The minimum absolute atomic E-state index is 0.0842. The van der Waals surface area contributed by atoms with Gasteiger partial charge >= 0.3 is 0 Å². The highest BCUT2D eigenvalue weighted by atomic mass is 32.1. The number of thiazole rings is 1. The van der Waals surface area contributed by atoms with Gasteiger partial charge in [0.2, 0.25) is 5.91 Å². The van der Waals surface area contributed by atoms with Crippen molar-refractivity contribution in [3.63, 3.8) is 0 Å². The number of hydrogen-bond acceptors (Lipinski definition) is 7. The Kier molecular flexibility index (Phi) is 6.85. The molecular formula is C25H33N5O3S. The van der Waals surface area contributed by atoms with Gasteiger partial charge in [-0.25, -0.2) is 4.98 Å². The Morgan fingerprint density at radius 3 is 2.59 bits per heavy atom. The van der Waals surface area contributed by atoms with Crippen LogP contribution in [-0.4, -0.2) is 82.6 Å². The van der Waals surface area contributed by atoms with Gasteiger partial charge in [-0.05, 0) is 36.8 Å². The van der Waals surface area contributed by atoms with Gasteiger partial charge in [-0.3, -0.25) is 14.5 Å². The fourth-order valence-corrected chi connectivity index (χ4v) is 6.28. The van der Waals surface area contributed by atoms with Crippen molar-refractivity contribution in [1.82, 2.24) is 20.1 Å². The quantitative estimate of drug-likeness (QED) is 0.691. The van der Waals surface area contributed by atoms with E-state index in [4.69, 9.17) is 0 Å². The molecule has 3 aliphatic heterocycles. The van der Waals surface area contributed by atoms with Crippen molar-refractivity contribution >= 4 is 28.3 Å². The second kappa shape index (κ2) is 10.0. The van der Waals surface area contributed by atoms with Gasteiger partial charge in [-0.2, -0.15) is 0 Å². The van der Waals surface area contributed by atoms with E-state index < -0.39 is 6.10 Å². The SMILES string of the molecule is CC(=O)N1CCC(NC(=O)c2cnc(N3CCC(N4CCc5ccccc5C4)[C@@H](O)C3)s2)CC1. The average Bonchev–Trinajstić information content (AvgIpc) is 3.35. The van der Waals surface area contributed by atoms with Crippen LogP contribution in [0.15, 0.2) is 30.5 Å². The second-order valence-electron chi connectivity index (χ2n) is 9.62. The molecule has 0 bridgehead atoms. The van der Waals surface area contributed by atoms with Crippen LogP contribution in [0.2, 0.25) is 0 Å². The van der Waals surface area contributed by atoms with Crippen LogP contribution >= 0.6 is 11.3 Å². The molecule has 2 N–H and O–H groups in total. The topological polar surface area (TPSA) is 89.0 Å². The molecule has 182 valence electrons. The van der Waals surface area contributed by atoms with Crippen molar-refractivity contribution in [3.05, 3.63) is 46.5 Å². The van der Waals surface area contributed by atoms with Crippen molar-refractivity contribution in [2.75, 3.05) is 37.6 Å². The predicted molar refractivity (Wildman–Crippen MR) is 132 cm³/mol. The lowest BCUT2D eigenvalue weighted by molar-refractivity contribution is -0.129. The summed E-state index contributed by atoms with van der Waals surface area (Å²) in [6.07, 6.45) is 4.64. The zero-order valence-electron chi connectivity index (χ0n) is 19.7. The third-order valence-corrected chi connectivity index (χ3v) is 8.50. The molecule has 3 aliphatic rings. The Balaban J connectivity index is 1.14. The van der Waals surface area contributed by atoms with Gasteiger partial charge in [0.1, 0.15) is 4.88 Å². The largest absolute Gasteiger partial charge is 0.390 e. The number of likely N-dealkylation sites (tertiary alicyclic amines) is 1. The summed E-state index contributed by atoms with van der Waals surface area (Å²) in [5.74, 6) is -0.0135. The average molecular weight is 484 g/mol. The zero-order valence-corrected chi connectivity index (χ0v) is 20.5. The van der Waals surface area contributed by atoms with Crippen LogP contribution in [0.5, 0.6) is 0 Å². The maximum Gasteiger partial charge on any atom is 0.263 e. The highest BCUT2D eigenvalue weighted by molar-refractivity contribution is 7.17. The Bertz CT molecular complexity index is 1040. The number of rotatable bonds is 4. The molecule has 34 heavy (non-hydrogen) atoms. The smallest absolute Gasteiger partial charge is 0.263 e. The molecule has 8 nitrogen and oxygen atoms in total. The number of aromatic nitrogens is 1. The summed E-state index contributed by atoms with van der Waals surface area (Å²) in [6, 6.07) is 8.82. The lowest BCUT2D eigenvalue weighted by atomic mass is 9.94. The molecule has 0 saturated carbocycles. The van der Waals surface area contributed by atoms with Crippen LogP contribution < -0.4 is 10.2 Å². The van der Waals surface area contributed by atoms with E-state index in [-0.39, 0.29) is 23.9 Å². The van der Waals surface area contributed by atoms with Gasteiger partial charge in [0.15, 0.2) is 5.13 Å². The van der Waals surface area contributed by atoms with Gasteiger partial charge in [0.05, 0.1) is 12.3 Å².